The number of anilines is 2. The molecule has 0 unspecified atom stereocenters. The number of benzene rings is 2. The van der Waals surface area contributed by atoms with Crippen molar-refractivity contribution >= 4 is 40.5 Å². The number of nitrogens with zero attached hydrogens (tertiary/aromatic N) is 3. The normalized spacial score (nSPS) is 21.0. The maximum absolute atomic E-state index is 13.5. The minimum Gasteiger partial charge on any atom is -0.386 e. The predicted octanol–water partition coefficient (Wildman–Crippen LogP) is 5.73. The summed E-state index contributed by atoms with van der Waals surface area (Å²) in [5, 5.41) is 7.91. The standard InChI is InChI=1S/C30H33Cl2N5O/c1-2-28-29(37-21-24(32)9-14-27(37)4-3-15-33-28)30(38)34-20-22-5-10-25(11-6-22)35-16-18-36(19-17-35)26-12-7-23(31)8-13-26/h4-14,21,33H,2-3,15-20H2,1H3,(H,34,38)/b27-4+,29-28-. The maximum Gasteiger partial charge on any atom is 0.270 e. The largest absolute Gasteiger partial charge is 0.386 e. The Balaban J connectivity index is 1.21. The molecule has 0 saturated carbocycles. The first-order valence-electron chi connectivity index (χ1n) is 13.2. The lowest BCUT2D eigenvalue weighted by Crippen LogP contribution is -2.46. The third-order valence-corrected chi connectivity index (χ3v) is 7.58. The number of hydrogen-bond donors (Lipinski definition) is 2. The van der Waals surface area contributed by atoms with E-state index in [1.807, 2.05) is 35.4 Å². The molecule has 3 aliphatic heterocycles. The quantitative estimate of drug-likeness (QED) is 0.481. The highest BCUT2D eigenvalue weighted by Gasteiger charge is 2.25. The summed E-state index contributed by atoms with van der Waals surface area (Å²) in [7, 11) is 0. The molecule has 1 fully saturated rings. The van der Waals surface area contributed by atoms with E-state index in [4.69, 9.17) is 23.2 Å². The molecule has 8 heteroatoms. The van der Waals surface area contributed by atoms with Crippen LogP contribution >= 0.6 is 23.2 Å². The molecule has 6 nitrogen and oxygen atoms in total. The Kier molecular flexibility index (Phi) is 8.30. The smallest absolute Gasteiger partial charge is 0.270 e. The van der Waals surface area contributed by atoms with E-state index in [-0.39, 0.29) is 5.91 Å². The van der Waals surface area contributed by atoms with Gasteiger partial charge in [-0.1, -0.05) is 48.3 Å². The first kappa shape index (κ1) is 26.3. The average molecular weight is 551 g/mol. The van der Waals surface area contributed by atoms with Crippen LogP contribution in [0.2, 0.25) is 5.02 Å². The van der Waals surface area contributed by atoms with E-state index in [0.29, 0.717) is 17.3 Å². The Bertz CT molecular complexity index is 1270. The molecule has 2 N–H and O–H groups in total. The van der Waals surface area contributed by atoms with Gasteiger partial charge < -0.3 is 25.3 Å². The highest BCUT2D eigenvalue weighted by Crippen LogP contribution is 2.28. The van der Waals surface area contributed by atoms with Crippen molar-refractivity contribution in [1.29, 1.82) is 0 Å². The summed E-state index contributed by atoms with van der Waals surface area (Å²) < 4.78 is 0. The molecule has 0 aliphatic carbocycles. The van der Waals surface area contributed by atoms with Crippen LogP contribution in [0.4, 0.5) is 11.4 Å². The first-order chi connectivity index (χ1) is 18.5. The Hall–Kier alpha value is -3.35. The van der Waals surface area contributed by atoms with E-state index in [2.05, 4.69) is 69.8 Å². The minimum absolute atomic E-state index is 0.124. The van der Waals surface area contributed by atoms with E-state index >= 15 is 0 Å². The molecule has 0 bridgehead atoms. The number of halogens is 2. The third-order valence-electron chi connectivity index (χ3n) is 7.10. The molecule has 3 heterocycles. The topological polar surface area (TPSA) is 50.9 Å². The highest BCUT2D eigenvalue weighted by molar-refractivity contribution is 6.31. The number of rotatable bonds is 6. The van der Waals surface area contributed by atoms with Gasteiger partial charge in [0.1, 0.15) is 5.70 Å². The summed E-state index contributed by atoms with van der Waals surface area (Å²) in [5.74, 6) is -0.124. The zero-order valence-electron chi connectivity index (χ0n) is 21.6. The van der Waals surface area contributed by atoms with Crippen molar-refractivity contribution in [3.8, 4) is 0 Å². The number of carbonyl (C=O) groups is 1. The number of hydrogen-bond acceptors (Lipinski definition) is 5. The molecule has 1 amide bonds. The Labute approximate surface area is 234 Å². The second kappa shape index (κ2) is 12.0. The van der Waals surface area contributed by atoms with Crippen LogP contribution in [-0.2, 0) is 11.3 Å². The molecule has 5 rings (SSSR count). The monoisotopic (exact) mass is 549 g/mol. The van der Waals surface area contributed by atoms with Gasteiger partial charge in [-0.3, -0.25) is 4.79 Å². The number of fused-ring (bicyclic) bond motifs is 1. The summed E-state index contributed by atoms with van der Waals surface area (Å²) in [5.41, 5.74) is 5.94. The van der Waals surface area contributed by atoms with Gasteiger partial charge in [-0.15, -0.1) is 0 Å². The lowest BCUT2D eigenvalue weighted by atomic mass is 10.1. The summed E-state index contributed by atoms with van der Waals surface area (Å²) in [4.78, 5) is 20.1. The molecule has 0 radical (unpaired) electrons. The van der Waals surface area contributed by atoms with Crippen molar-refractivity contribution in [1.82, 2.24) is 15.5 Å². The van der Waals surface area contributed by atoms with Crippen molar-refractivity contribution in [2.24, 2.45) is 0 Å². The second-order valence-electron chi connectivity index (χ2n) is 9.54. The Morgan fingerprint density at radius 1 is 0.921 bits per heavy atom. The summed E-state index contributed by atoms with van der Waals surface area (Å²) in [6.45, 7) is 7.12. The molecule has 38 heavy (non-hydrogen) atoms. The van der Waals surface area contributed by atoms with E-state index in [0.717, 1.165) is 67.5 Å². The molecule has 2 aromatic rings. The van der Waals surface area contributed by atoms with E-state index in [1.54, 1.807) is 0 Å². The van der Waals surface area contributed by atoms with Gasteiger partial charge in [-0.2, -0.15) is 0 Å². The molecular weight excluding hydrogens is 517 g/mol. The number of nitrogens with one attached hydrogen (secondary N) is 2. The molecule has 0 atom stereocenters. The number of amides is 1. The lowest BCUT2D eigenvalue weighted by Gasteiger charge is -2.37. The number of carbonyl (C=O) groups excluding carboxylic acids is 1. The van der Waals surface area contributed by atoms with Crippen LogP contribution in [0.3, 0.4) is 0 Å². The lowest BCUT2D eigenvalue weighted by molar-refractivity contribution is -0.118. The van der Waals surface area contributed by atoms with Gasteiger partial charge in [0.05, 0.1) is 5.03 Å². The van der Waals surface area contributed by atoms with E-state index < -0.39 is 0 Å². The summed E-state index contributed by atoms with van der Waals surface area (Å²) in [6.07, 6.45) is 9.36. The van der Waals surface area contributed by atoms with Gasteiger partial charge in [-0.05, 0) is 67.0 Å². The van der Waals surface area contributed by atoms with Crippen molar-refractivity contribution in [2.45, 2.75) is 26.3 Å². The van der Waals surface area contributed by atoms with Crippen LogP contribution in [0.25, 0.3) is 0 Å². The zero-order chi connectivity index (χ0) is 26.5. The van der Waals surface area contributed by atoms with Crippen LogP contribution in [0, 0.1) is 0 Å². The second-order valence-corrected chi connectivity index (χ2v) is 10.4. The van der Waals surface area contributed by atoms with Gasteiger partial charge in [-0.25, -0.2) is 0 Å². The number of allylic oxidation sites excluding steroid dienone is 4. The van der Waals surface area contributed by atoms with Crippen molar-refractivity contribution in [3.63, 3.8) is 0 Å². The Morgan fingerprint density at radius 2 is 1.55 bits per heavy atom. The molecule has 3 aliphatic rings. The predicted molar refractivity (Wildman–Crippen MR) is 157 cm³/mol. The molecule has 198 valence electrons. The van der Waals surface area contributed by atoms with Crippen molar-refractivity contribution < 1.29 is 4.79 Å². The fourth-order valence-electron chi connectivity index (χ4n) is 5.02. The fourth-order valence-corrected chi connectivity index (χ4v) is 5.31. The van der Waals surface area contributed by atoms with Gasteiger partial charge in [0.2, 0.25) is 0 Å². The SMILES string of the molecule is CC/C1=C(\C(=O)NCc2ccc(N3CCN(c4ccc(Cl)cc4)CC3)cc2)N2C=C(Cl)C=C/C2=C\CCN1. The maximum atomic E-state index is 13.5. The molecule has 0 spiro atoms. The van der Waals surface area contributed by atoms with Crippen LogP contribution in [-0.4, -0.2) is 43.5 Å². The Morgan fingerprint density at radius 3 is 2.18 bits per heavy atom. The fraction of sp³-hybridized carbons (Fsp3) is 0.300. The molecule has 1 saturated heterocycles. The summed E-state index contributed by atoms with van der Waals surface area (Å²) in [6, 6.07) is 16.5. The van der Waals surface area contributed by atoms with Crippen LogP contribution < -0.4 is 20.4 Å². The van der Waals surface area contributed by atoms with Crippen molar-refractivity contribution in [3.05, 3.63) is 106 Å². The van der Waals surface area contributed by atoms with Crippen LogP contribution in [0.1, 0.15) is 25.3 Å². The molecule has 2 aromatic carbocycles. The van der Waals surface area contributed by atoms with E-state index in [9.17, 15) is 4.79 Å². The van der Waals surface area contributed by atoms with Gasteiger partial charge >= 0.3 is 0 Å². The summed E-state index contributed by atoms with van der Waals surface area (Å²) >= 11 is 12.3. The third kappa shape index (κ3) is 6.03. The highest BCUT2D eigenvalue weighted by atomic mass is 35.5. The molecule has 0 aromatic heterocycles. The van der Waals surface area contributed by atoms with Gasteiger partial charge in [0.25, 0.3) is 5.91 Å². The average Bonchev–Trinajstić information content (AvgIpc) is 2.93. The van der Waals surface area contributed by atoms with Crippen LogP contribution in [0.15, 0.2) is 95.1 Å². The zero-order valence-corrected chi connectivity index (χ0v) is 23.1. The van der Waals surface area contributed by atoms with Crippen molar-refractivity contribution in [2.75, 3.05) is 42.5 Å². The molecular formula is C30H33Cl2N5O. The van der Waals surface area contributed by atoms with E-state index in [1.165, 1.54) is 11.4 Å². The van der Waals surface area contributed by atoms with Crippen LogP contribution in [0.5, 0.6) is 0 Å². The minimum atomic E-state index is -0.124. The number of piperazine rings is 1. The van der Waals surface area contributed by atoms with Gasteiger partial charge in [0.15, 0.2) is 0 Å². The van der Waals surface area contributed by atoms with Gasteiger partial charge in [0, 0.05) is 73.3 Å². The first-order valence-corrected chi connectivity index (χ1v) is 13.9.